The topological polar surface area (TPSA) is 95.1 Å². The van der Waals surface area contributed by atoms with E-state index in [1.54, 1.807) is 0 Å². The zero-order valence-electron chi connectivity index (χ0n) is 12.6. The number of azide groups is 1. The van der Waals surface area contributed by atoms with Crippen LogP contribution >= 0.6 is 0 Å². The molecule has 112 valence electrons. The quantitative estimate of drug-likeness (QED) is 0.485. The monoisotopic (exact) mass is 279 g/mol. The summed E-state index contributed by atoms with van der Waals surface area (Å²) in [5.41, 5.74) is 14.9. The van der Waals surface area contributed by atoms with Crippen molar-refractivity contribution in [3.8, 4) is 0 Å². The molecule has 1 amide bonds. The van der Waals surface area contributed by atoms with Gasteiger partial charge in [-0.1, -0.05) is 25.9 Å². The fourth-order valence-corrected chi connectivity index (χ4v) is 3.95. The van der Waals surface area contributed by atoms with Gasteiger partial charge in [0.25, 0.3) is 0 Å². The second-order valence-corrected chi connectivity index (χ2v) is 7.14. The predicted octanol–water partition coefficient (Wildman–Crippen LogP) is 2.15. The average molecular weight is 279 g/mol. The van der Waals surface area contributed by atoms with Crippen LogP contribution in [0.25, 0.3) is 10.4 Å². The van der Waals surface area contributed by atoms with E-state index < -0.39 is 0 Å². The van der Waals surface area contributed by atoms with Crippen molar-refractivity contribution in [2.45, 2.75) is 39.7 Å². The minimum absolute atomic E-state index is 0.161. The lowest BCUT2D eigenvalue weighted by atomic mass is 9.80. The second-order valence-electron chi connectivity index (χ2n) is 7.14. The standard InChI is InChI=1S/C14H25N5O/c1-9-5-14(2,3)11(13(9)15)8-19-7-10(4-12(19)20)6-17-18-16/h9-11,13H,4-8,15H2,1-3H3. The Morgan fingerprint density at radius 3 is 2.80 bits per heavy atom. The van der Waals surface area contributed by atoms with E-state index in [4.69, 9.17) is 11.3 Å². The van der Waals surface area contributed by atoms with Gasteiger partial charge in [0.2, 0.25) is 5.91 Å². The summed E-state index contributed by atoms with van der Waals surface area (Å²) in [5.74, 6) is 1.19. The van der Waals surface area contributed by atoms with Gasteiger partial charge in [0.1, 0.15) is 0 Å². The summed E-state index contributed by atoms with van der Waals surface area (Å²) in [6.45, 7) is 8.55. The molecule has 2 rings (SSSR count). The number of amides is 1. The maximum absolute atomic E-state index is 12.1. The molecule has 4 unspecified atom stereocenters. The zero-order valence-corrected chi connectivity index (χ0v) is 12.6. The summed E-state index contributed by atoms with van der Waals surface area (Å²) in [6.07, 6.45) is 1.61. The molecule has 1 heterocycles. The smallest absolute Gasteiger partial charge is 0.222 e. The van der Waals surface area contributed by atoms with E-state index in [2.05, 4.69) is 30.8 Å². The maximum atomic E-state index is 12.1. The van der Waals surface area contributed by atoms with Gasteiger partial charge < -0.3 is 10.6 Å². The largest absolute Gasteiger partial charge is 0.342 e. The summed E-state index contributed by atoms with van der Waals surface area (Å²) < 4.78 is 0. The van der Waals surface area contributed by atoms with Gasteiger partial charge in [-0.2, -0.15) is 0 Å². The number of hydrogen-bond donors (Lipinski definition) is 1. The van der Waals surface area contributed by atoms with Crippen molar-refractivity contribution in [2.75, 3.05) is 19.6 Å². The normalized spacial score (nSPS) is 36.2. The van der Waals surface area contributed by atoms with Crippen LogP contribution in [0.3, 0.4) is 0 Å². The molecule has 1 aliphatic heterocycles. The van der Waals surface area contributed by atoms with Gasteiger partial charge in [-0.25, -0.2) is 0 Å². The van der Waals surface area contributed by atoms with Gasteiger partial charge >= 0.3 is 0 Å². The van der Waals surface area contributed by atoms with Crippen LogP contribution in [-0.4, -0.2) is 36.5 Å². The zero-order chi connectivity index (χ0) is 14.9. The number of rotatable bonds is 4. The molecule has 0 aromatic heterocycles. The van der Waals surface area contributed by atoms with E-state index >= 15 is 0 Å². The molecule has 2 fully saturated rings. The van der Waals surface area contributed by atoms with E-state index in [1.165, 1.54) is 0 Å². The van der Waals surface area contributed by atoms with E-state index in [-0.39, 0.29) is 23.3 Å². The summed E-state index contributed by atoms with van der Waals surface area (Å²) in [7, 11) is 0. The molecule has 2 aliphatic rings. The minimum Gasteiger partial charge on any atom is -0.342 e. The molecule has 20 heavy (non-hydrogen) atoms. The summed E-state index contributed by atoms with van der Waals surface area (Å²) in [6, 6.07) is 0.161. The van der Waals surface area contributed by atoms with E-state index in [0.717, 1.165) is 13.0 Å². The van der Waals surface area contributed by atoms with Crippen molar-refractivity contribution < 1.29 is 4.79 Å². The highest BCUT2D eigenvalue weighted by atomic mass is 16.2. The molecule has 0 spiro atoms. The van der Waals surface area contributed by atoms with Crippen LogP contribution in [0.2, 0.25) is 0 Å². The summed E-state index contributed by atoms with van der Waals surface area (Å²) in [4.78, 5) is 16.8. The van der Waals surface area contributed by atoms with Crippen molar-refractivity contribution in [2.24, 2.45) is 34.0 Å². The van der Waals surface area contributed by atoms with Gasteiger partial charge in [0.05, 0.1) is 0 Å². The fourth-order valence-electron chi connectivity index (χ4n) is 3.95. The minimum atomic E-state index is 0.161. The molecule has 0 aromatic rings. The Labute approximate surface area is 120 Å². The van der Waals surface area contributed by atoms with Crippen molar-refractivity contribution in [3.05, 3.63) is 10.4 Å². The lowest BCUT2D eigenvalue weighted by Crippen LogP contribution is -2.43. The molecule has 6 heteroatoms. The summed E-state index contributed by atoms with van der Waals surface area (Å²) >= 11 is 0. The van der Waals surface area contributed by atoms with Crippen LogP contribution in [0, 0.1) is 23.2 Å². The van der Waals surface area contributed by atoms with Gasteiger partial charge in [-0.05, 0) is 35.1 Å². The molecule has 6 nitrogen and oxygen atoms in total. The van der Waals surface area contributed by atoms with Crippen molar-refractivity contribution in [1.82, 2.24) is 4.90 Å². The first-order chi connectivity index (χ1) is 9.35. The van der Waals surface area contributed by atoms with Crippen LogP contribution in [0.5, 0.6) is 0 Å². The Morgan fingerprint density at radius 2 is 2.25 bits per heavy atom. The number of nitrogens with two attached hydrogens (primary N) is 1. The van der Waals surface area contributed by atoms with E-state index in [9.17, 15) is 4.79 Å². The van der Waals surface area contributed by atoms with Crippen LogP contribution in [0.1, 0.15) is 33.6 Å². The highest BCUT2D eigenvalue weighted by Gasteiger charge is 2.46. The SMILES string of the molecule is CC1CC(C)(C)C(CN2CC(CN=[N+]=[N-])CC2=O)C1N. The lowest BCUT2D eigenvalue weighted by Gasteiger charge is -2.33. The fraction of sp³-hybridized carbons (Fsp3) is 0.929. The Hall–Kier alpha value is -1.26. The molecule has 1 aliphatic carbocycles. The number of likely N-dealkylation sites (tertiary alicyclic amines) is 1. The average Bonchev–Trinajstić information content (AvgIpc) is 2.80. The number of carbonyl (C=O) groups is 1. The third-order valence-corrected chi connectivity index (χ3v) is 5.09. The van der Waals surface area contributed by atoms with E-state index in [1.807, 2.05) is 4.90 Å². The van der Waals surface area contributed by atoms with Crippen molar-refractivity contribution >= 4 is 5.91 Å². The summed E-state index contributed by atoms with van der Waals surface area (Å²) in [5, 5.41) is 3.59. The molecule has 1 saturated heterocycles. The van der Waals surface area contributed by atoms with Gasteiger partial charge in [0.15, 0.2) is 0 Å². The van der Waals surface area contributed by atoms with Gasteiger partial charge in [-0.15, -0.1) is 0 Å². The van der Waals surface area contributed by atoms with Crippen molar-refractivity contribution in [1.29, 1.82) is 0 Å². The number of carbonyl (C=O) groups excluding carboxylic acids is 1. The number of nitrogens with zero attached hydrogens (tertiary/aromatic N) is 4. The third kappa shape index (κ3) is 2.91. The third-order valence-electron chi connectivity index (χ3n) is 5.09. The van der Waals surface area contributed by atoms with E-state index in [0.29, 0.717) is 31.3 Å². The van der Waals surface area contributed by atoms with Crippen LogP contribution < -0.4 is 5.73 Å². The Kier molecular flexibility index (Phi) is 4.25. The lowest BCUT2D eigenvalue weighted by molar-refractivity contribution is -0.128. The second kappa shape index (κ2) is 5.62. The highest BCUT2D eigenvalue weighted by molar-refractivity contribution is 5.78. The van der Waals surface area contributed by atoms with Crippen molar-refractivity contribution in [3.63, 3.8) is 0 Å². The number of hydrogen-bond acceptors (Lipinski definition) is 3. The van der Waals surface area contributed by atoms with Gasteiger partial charge in [-0.3, -0.25) is 4.79 Å². The highest BCUT2D eigenvalue weighted by Crippen LogP contribution is 2.45. The van der Waals surface area contributed by atoms with Crippen LogP contribution in [-0.2, 0) is 4.79 Å². The first-order valence-electron chi connectivity index (χ1n) is 7.39. The molecule has 4 atom stereocenters. The molecule has 0 aromatic carbocycles. The Bertz CT molecular complexity index is 429. The predicted molar refractivity (Wildman–Crippen MR) is 77.7 cm³/mol. The molecular weight excluding hydrogens is 254 g/mol. The molecule has 2 N–H and O–H groups in total. The molecule has 0 radical (unpaired) electrons. The van der Waals surface area contributed by atoms with Crippen LogP contribution in [0.15, 0.2) is 5.11 Å². The first kappa shape index (κ1) is 15.1. The Morgan fingerprint density at radius 1 is 1.55 bits per heavy atom. The molecule has 0 bridgehead atoms. The molecule has 1 saturated carbocycles. The Balaban J connectivity index is 1.99. The first-order valence-corrected chi connectivity index (χ1v) is 7.39. The maximum Gasteiger partial charge on any atom is 0.222 e. The molecular formula is C14H25N5O. The van der Waals surface area contributed by atoms with Gasteiger partial charge in [0, 0.05) is 37.0 Å². The van der Waals surface area contributed by atoms with Crippen LogP contribution in [0.4, 0.5) is 0 Å².